The molecular weight excluding hydrogens is 566 g/mol. The van der Waals surface area contributed by atoms with Gasteiger partial charge in [0.05, 0.1) is 13.0 Å². The number of phenolic OH excluding ortho intramolecular Hbond substituents is 1. The van der Waals surface area contributed by atoms with Crippen LogP contribution in [0.3, 0.4) is 0 Å². The molecule has 43 heavy (non-hydrogen) atoms. The number of nitrogens with one attached hydrogen (secondary N) is 5. The van der Waals surface area contributed by atoms with Crippen molar-refractivity contribution < 1.29 is 43.8 Å². The lowest BCUT2D eigenvalue weighted by Gasteiger charge is -2.21. The highest BCUT2D eigenvalue weighted by molar-refractivity contribution is 6.41. The highest BCUT2D eigenvalue weighted by Crippen LogP contribution is 2.13. The van der Waals surface area contributed by atoms with Crippen molar-refractivity contribution >= 4 is 47.1 Å². The summed E-state index contributed by atoms with van der Waals surface area (Å²) in [6, 6.07) is 3.04. The molecule has 0 saturated heterocycles. The van der Waals surface area contributed by atoms with Crippen LogP contribution in [0.1, 0.15) is 45.1 Å². The number of aliphatic imine (C=N–C) groups is 1. The number of benzene rings is 1. The number of carbonyl (C=O) groups is 7. The van der Waals surface area contributed by atoms with Crippen LogP contribution in [0.5, 0.6) is 5.75 Å². The van der Waals surface area contributed by atoms with Gasteiger partial charge < -0.3 is 42.5 Å². The summed E-state index contributed by atoms with van der Waals surface area (Å²) in [5.41, 5.74) is 5.37. The van der Waals surface area contributed by atoms with E-state index in [1.165, 1.54) is 24.3 Å². The number of hydrogen-bond donors (Lipinski definition) is 8. The van der Waals surface area contributed by atoms with Crippen LogP contribution in [0.25, 0.3) is 0 Å². The van der Waals surface area contributed by atoms with E-state index in [0.29, 0.717) is 12.0 Å². The minimum Gasteiger partial charge on any atom is -0.508 e. The van der Waals surface area contributed by atoms with Crippen LogP contribution >= 0.6 is 0 Å². The lowest BCUT2D eigenvalue weighted by atomic mass is 10.0. The maximum Gasteiger partial charge on any atom is 0.270 e. The lowest BCUT2D eigenvalue weighted by molar-refractivity contribution is -0.138. The summed E-state index contributed by atoms with van der Waals surface area (Å²) in [6.07, 6.45) is -2.55. The van der Waals surface area contributed by atoms with Gasteiger partial charge in [-0.15, -0.1) is 0 Å². The van der Waals surface area contributed by atoms with Gasteiger partial charge in [-0.3, -0.25) is 33.6 Å². The van der Waals surface area contributed by atoms with Crippen molar-refractivity contribution in [3.8, 4) is 5.75 Å². The largest absolute Gasteiger partial charge is 0.508 e. The standard InChI is InChI=1S/C27H37N7O9/c1-3-14(2)22-25(41)34-27(43)26(42)32-18(12-19(28)36)23(39)29-10-4-5-20(37)30-13-21(38)31-17(24(40)33-22)11-15-6-8-16(35)9-7-15/h6-9,14,17-18,27,35,43H,3-5,10-13H2,1-2H3,(H2,28,36)(H,29,39)(H,30,37)(H,31,38)(H,32,42)(H,34,41)/t14?,17-,18-,27-/m0/s1. The van der Waals surface area contributed by atoms with Crippen molar-refractivity contribution in [2.24, 2.45) is 16.6 Å². The van der Waals surface area contributed by atoms with Gasteiger partial charge in [0.2, 0.25) is 29.9 Å². The molecule has 0 fully saturated rings. The second-order valence-corrected chi connectivity index (χ2v) is 9.91. The Bertz CT molecular complexity index is 1250. The fraction of sp³-hybridized carbons (Fsp3) is 0.481. The van der Waals surface area contributed by atoms with Gasteiger partial charge in [-0.25, -0.2) is 4.99 Å². The molecule has 9 N–H and O–H groups in total. The molecular formula is C27H37N7O9. The minimum atomic E-state index is -2.21. The van der Waals surface area contributed by atoms with Crippen molar-refractivity contribution in [3.05, 3.63) is 29.8 Å². The predicted octanol–water partition coefficient (Wildman–Crippen LogP) is -2.75. The summed E-state index contributed by atoms with van der Waals surface area (Å²) in [7, 11) is 0. The van der Waals surface area contributed by atoms with E-state index in [-0.39, 0.29) is 37.3 Å². The van der Waals surface area contributed by atoms with Crippen LogP contribution in [-0.2, 0) is 40.0 Å². The zero-order valence-corrected chi connectivity index (χ0v) is 23.8. The van der Waals surface area contributed by atoms with Crippen molar-refractivity contribution in [1.82, 2.24) is 26.6 Å². The molecule has 1 aliphatic rings. The maximum atomic E-state index is 13.3. The van der Waals surface area contributed by atoms with E-state index in [9.17, 15) is 43.8 Å². The smallest absolute Gasteiger partial charge is 0.270 e. The highest BCUT2D eigenvalue weighted by Gasteiger charge is 2.30. The number of primary amides is 1. The van der Waals surface area contributed by atoms with Gasteiger partial charge in [-0.2, -0.15) is 0 Å². The third-order valence-corrected chi connectivity index (χ3v) is 6.43. The number of aliphatic hydroxyl groups excluding tert-OH is 1. The molecule has 0 bridgehead atoms. The van der Waals surface area contributed by atoms with Crippen LogP contribution in [0.15, 0.2) is 29.3 Å². The maximum absolute atomic E-state index is 13.3. The third kappa shape index (κ3) is 11.5. The molecule has 234 valence electrons. The number of aromatic hydroxyl groups is 1. The lowest BCUT2D eigenvalue weighted by Crippen LogP contribution is -2.55. The van der Waals surface area contributed by atoms with Crippen molar-refractivity contribution in [3.63, 3.8) is 0 Å². The summed E-state index contributed by atoms with van der Waals surface area (Å²) in [6.45, 7) is 2.76. The van der Waals surface area contributed by atoms with Crippen LogP contribution < -0.4 is 32.3 Å². The molecule has 7 amide bonds. The second kappa shape index (κ2) is 16.5. The van der Waals surface area contributed by atoms with E-state index in [1.54, 1.807) is 13.8 Å². The van der Waals surface area contributed by atoms with Gasteiger partial charge in [-0.1, -0.05) is 26.0 Å². The fourth-order valence-electron chi connectivity index (χ4n) is 3.86. The van der Waals surface area contributed by atoms with Gasteiger partial charge in [0.15, 0.2) is 0 Å². The number of phenols is 1. The summed E-state index contributed by atoms with van der Waals surface area (Å²) >= 11 is 0. The Morgan fingerprint density at radius 1 is 0.977 bits per heavy atom. The van der Waals surface area contributed by atoms with Crippen molar-refractivity contribution in [2.75, 3.05) is 13.1 Å². The number of nitrogens with zero attached hydrogens (tertiary/aromatic N) is 1. The Labute approximate surface area is 247 Å². The Morgan fingerprint density at radius 3 is 2.28 bits per heavy atom. The van der Waals surface area contributed by atoms with Crippen molar-refractivity contribution in [2.45, 2.75) is 64.3 Å². The molecule has 1 heterocycles. The molecule has 16 heteroatoms. The van der Waals surface area contributed by atoms with Crippen molar-refractivity contribution in [1.29, 1.82) is 0 Å². The Kier molecular flexibility index (Phi) is 13.2. The topological polar surface area (TPSA) is 258 Å². The molecule has 1 unspecified atom stereocenters. The molecule has 1 aromatic rings. The van der Waals surface area contributed by atoms with E-state index >= 15 is 0 Å². The molecule has 2 rings (SSSR count). The molecule has 4 atom stereocenters. The number of aliphatic hydroxyl groups is 1. The zero-order valence-electron chi connectivity index (χ0n) is 23.8. The Balaban J connectivity index is 2.43. The second-order valence-electron chi connectivity index (χ2n) is 9.91. The van der Waals surface area contributed by atoms with E-state index in [1.807, 2.05) is 5.32 Å². The Hall–Kier alpha value is -4.86. The fourth-order valence-corrected chi connectivity index (χ4v) is 3.86. The summed E-state index contributed by atoms with van der Waals surface area (Å²) in [5, 5.41) is 31.4. The van der Waals surface area contributed by atoms with E-state index in [0.717, 1.165) is 0 Å². The number of amides is 7. The number of carbonyl (C=O) groups excluding carboxylic acids is 7. The van der Waals surface area contributed by atoms with E-state index in [4.69, 9.17) is 5.73 Å². The summed E-state index contributed by atoms with van der Waals surface area (Å²) in [4.78, 5) is 91.8. The van der Waals surface area contributed by atoms with Gasteiger partial charge in [0.25, 0.3) is 17.7 Å². The average molecular weight is 604 g/mol. The molecule has 16 nitrogen and oxygen atoms in total. The number of hydrogen-bond acceptors (Lipinski definition) is 9. The monoisotopic (exact) mass is 603 g/mol. The van der Waals surface area contributed by atoms with Gasteiger partial charge in [-0.05, 0) is 30.5 Å². The highest BCUT2D eigenvalue weighted by atomic mass is 16.3. The molecule has 0 saturated carbocycles. The predicted molar refractivity (Wildman–Crippen MR) is 151 cm³/mol. The first kappa shape index (κ1) is 34.3. The van der Waals surface area contributed by atoms with E-state index < -0.39 is 78.5 Å². The average Bonchev–Trinajstić information content (AvgIpc) is 2.95. The van der Waals surface area contributed by atoms with Gasteiger partial charge in [0.1, 0.15) is 23.5 Å². The quantitative estimate of drug-likeness (QED) is 0.167. The first-order valence-corrected chi connectivity index (χ1v) is 13.6. The first-order valence-electron chi connectivity index (χ1n) is 13.6. The molecule has 0 radical (unpaired) electrons. The SMILES string of the molecule is CCC(C)C1=NC(=O)[C@H](Cc2ccc(O)cc2)NC(=O)CNC(=O)CCCNC(=O)[C@H](CC(N)=O)NC(=O)[C@H](O)NC1=O. The summed E-state index contributed by atoms with van der Waals surface area (Å²) in [5.74, 6) is -6.91. The zero-order chi connectivity index (χ0) is 32.1. The molecule has 0 aromatic heterocycles. The van der Waals surface area contributed by atoms with Gasteiger partial charge >= 0.3 is 0 Å². The van der Waals surface area contributed by atoms with Crippen LogP contribution in [-0.4, -0.2) is 88.7 Å². The van der Waals surface area contributed by atoms with Crippen LogP contribution in [0.4, 0.5) is 0 Å². The third-order valence-electron chi connectivity index (χ3n) is 6.43. The molecule has 0 aliphatic carbocycles. The molecule has 1 aliphatic heterocycles. The summed E-state index contributed by atoms with van der Waals surface area (Å²) < 4.78 is 0. The number of rotatable bonds is 6. The molecule has 1 aromatic carbocycles. The number of nitrogens with two attached hydrogens (primary N) is 1. The van der Waals surface area contributed by atoms with Crippen LogP contribution in [0.2, 0.25) is 0 Å². The molecule has 0 spiro atoms. The first-order chi connectivity index (χ1) is 20.3. The van der Waals surface area contributed by atoms with E-state index in [2.05, 4.69) is 26.3 Å². The Morgan fingerprint density at radius 2 is 1.65 bits per heavy atom. The van der Waals surface area contributed by atoms with Crippen LogP contribution in [0, 0.1) is 5.92 Å². The minimum absolute atomic E-state index is 0.0186. The van der Waals surface area contributed by atoms with Gasteiger partial charge in [0, 0.05) is 25.3 Å². The normalized spacial score (nSPS) is 22.6.